The Labute approximate surface area is 168 Å². The molecule has 0 spiro atoms. The molecule has 1 aliphatic heterocycles. The second-order valence-electron chi connectivity index (χ2n) is 6.35. The third-order valence-electron chi connectivity index (χ3n) is 4.04. The van der Waals surface area contributed by atoms with Crippen molar-refractivity contribution in [3.05, 3.63) is 63.5 Å². The second-order valence-corrected chi connectivity index (χ2v) is 7.79. The minimum Gasteiger partial charge on any atom is -0.489 e. The number of hydrogen-bond acceptors (Lipinski definition) is 4. The Kier molecular flexibility index (Phi) is 6.24. The molecule has 1 saturated heterocycles. The number of nitrogens with zero attached hydrogens (tertiary/aromatic N) is 1. The third kappa shape index (κ3) is 5.15. The Balaban J connectivity index is 1.77. The van der Waals surface area contributed by atoms with E-state index in [4.69, 9.17) is 16.3 Å². The summed E-state index contributed by atoms with van der Waals surface area (Å²) in [4.78, 5) is 17.3. The molecule has 140 valence electrons. The van der Waals surface area contributed by atoms with Crippen LogP contribution in [0.3, 0.4) is 0 Å². The summed E-state index contributed by atoms with van der Waals surface area (Å²) in [5.74, 6) is 0.487. The zero-order chi connectivity index (χ0) is 19.4. The number of aliphatic imine (C=N–C) groups is 1. The van der Waals surface area contributed by atoms with Crippen LogP contribution in [0.4, 0.5) is 5.69 Å². The number of amides is 1. The molecular formula is C21H21ClN2O2S. The van der Waals surface area contributed by atoms with Gasteiger partial charge in [0.15, 0.2) is 5.17 Å². The number of aryl methyl sites for hydroxylation is 1. The number of amidine groups is 1. The highest BCUT2D eigenvalue weighted by molar-refractivity contribution is 8.18. The number of carbonyl (C=O) groups is 1. The predicted molar refractivity (Wildman–Crippen MR) is 114 cm³/mol. The lowest BCUT2D eigenvalue weighted by atomic mass is 10.2. The average Bonchev–Trinajstić information content (AvgIpc) is 2.96. The van der Waals surface area contributed by atoms with Crippen LogP contribution in [0.1, 0.15) is 31.4 Å². The SMILES string of the molecule is CC[C@H](C)Oc1ccc(/C=C2\SC(=Nc3cccc(C)c3)NC2=O)cc1Cl. The van der Waals surface area contributed by atoms with Crippen molar-refractivity contribution < 1.29 is 9.53 Å². The molecule has 0 bridgehead atoms. The van der Waals surface area contributed by atoms with E-state index in [0.29, 0.717) is 20.8 Å². The fraction of sp³-hybridized carbons (Fsp3) is 0.238. The van der Waals surface area contributed by atoms with E-state index >= 15 is 0 Å². The molecule has 0 saturated carbocycles. The first kappa shape index (κ1) is 19.5. The quantitative estimate of drug-likeness (QED) is 0.653. The van der Waals surface area contributed by atoms with Crippen LogP contribution in [-0.4, -0.2) is 17.2 Å². The molecule has 1 N–H and O–H groups in total. The molecule has 4 nitrogen and oxygen atoms in total. The molecule has 1 amide bonds. The number of halogens is 1. The van der Waals surface area contributed by atoms with E-state index in [1.54, 1.807) is 12.1 Å². The molecule has 1 atom stereocenters. The third-order valence-corrected chi connectivity index (χ3v) is 5.25. The van der Waals surface area contributed by atoms with Crippen LogP contribution < -0.4 is 10.1 Å². The normalized spacial score (nSPS) is 18.0. The maximum Gasteiger partial charge on any atom is 0.264 e. The average molecular weight is 401 g/mol. The number of hydrogen-bond donors (Lipinski definition) is 1. The predicted octanol–water partition coefficient (Wildman–Crippen LogP) is 5.72. The maximum absolute atomic E-state index is 12.2. The van der Waals surface area contributed by atoms with Gasteiger partial charge in [-0.3, -0.25) is 4.79 Å². The fourth-order valence-corrected chi connectivity index (χ4v) is 3.52. The summed E-state index contributed by atoms with van der Waals surface area (Å²) < 4.78 is 5.78. The molecule has 27 heavy (non-hydrogen) atoms. The summed E-state index contributed by atoms with van der Waals surface area (Å²) in [6.45, 7) is 6.07. The van der Waals surface area contributed by atoms with Crippen molar-refractivity contribution in [2.24, 2.45) is 4.99 Å². The van der Waals surface area contributed by atoms with Crippen molar-refractivity contribution in [3.63, 3.8) is 0 Å². The van der Waals surface area contributed by atoms with E-state index < -0.39 is 0 Å². The van der Waals surface area contributed by atoms with Crippen molar-refractivity contribution >= 4 is 46.2 Å². The van der Waals surface area contributed by atoms with Gasteiger partial charge in [0.1, 0.15) is 5.75 Å². The summed E-state index contributed by atoms with van der Waals surface area (Å²) in [6.07, 6.45) is 2.81. The van der Waals surface area contributed by atoms with Crippen molar-refractivity contribution in [1.82, 2.24) is 5.32 Å². The largest absolute Gasteiger partial charge is 0.489 e. The van der Waals surface area contributed by atoms with Gasteiger partial charge in [-0.05, 0) is 73.5 Å². The lowest BCUT2D eigenvalue weighted by Crippen LogP contribution is -2.19. The van der Waals surface area contributed by atoms with Crippen LogP contribution >= 0.6 is 23.4 Å². The van der Waals surface area contributed by atoms with Crippen LogP contribution in [0.2, 0.25) is 5.02 Å². The van der Waals surface area contributed by atoms with Crippen molar-refractivity contribution in [2.75, 3.05) is 0 Å². The van der Waals surface area contributed by atoms with Gasteiger partial charge in [0.25, 0.3) is 5.91 Å². The molecule has 2 aromatic carbocycles. The Hall–Kier alpha value is -2.24. The lowest BCUT2D eigenvalue weighted by molar-refractivity contribution is -0.115. The maximum atomic E-state index is 12.2. The highest BCUT2D eigenvalue weighted by Crippen LogP contribution is 2.31. The van der Waals surface area contributed by atoms with Crippen molar-refractivity contribution in [2.45, 2.75) is 33.3 Å². The summed E-state index contributed by atoms with van der Waals surface area (Å²) in [5.41, 5.74) is 2.77. The van der Waals surface area contributed by atoms with Crippen LogP contribution in [0.5, 0.6) is 5.75 Å². The van der Waals surface area contributed by atoms with Crippen molar-refractivity contribution in [1.29, 1.82) is 0 Å². The standard InChI is InChI=1S/C21H21ClN2O2S/c1-4-14(3)26-18-9-8-15(11-17(18)22)12-19-20(25)24-21(27-19)23-16-7-5-6-13(2)10-16/h5-12,14H,4H2,1-3H3,(H,23,24,25)/b19-12-/t14-/m0/s1. The lowest BCUT2D eigenvalue weighted by Gasteiger charge is -2.14. The van der Waals surface area contributed by atoms with E-state index in [1.165, 1.54) is 11.8 Å². The highest BCUT2D eigenvalue weighted by Gasteiger charge is 2.24. The molecule has 1 heterocycles. The van der Waals surface area contributed by atoms with E-state index in [2.05, 4.69) is 17.2 Å². The number of nitrogens with one attached hydrogen (secondary N) is 1. The van der Waals surface area contributed by atoms with Crippen LogP contribution in [0.15, 0.2) is 52.4 Å². The van der Waals surface area contributed by atoms with Gasteiger partial charge in [0.05, 0.1) is 21.7 Å². The topological polar surface area (TPSA) is 50.7 Å². The van der Waals surface area contributed by atoms with Gasteiger partial charge >= 0.3 is 0 Å². The van der Waals surface area contributed by atoms with E-state index in [1.807, 2.05) is 50.2 Å². The zero-order valence-corrected chi connectivity index (χ0v) is 17.0. The molecular weight excluding hydrogens is 380 g/mol. The zero-order valence-electron chi connectivity index (χ0n) is 15.5. The number of thioether (sulfide) groups is 1. The van der Waals surface area contributed by atoms with Crippen LogP contribution in [0, 0.1) is 6.92 Å². The minimum absolute atomic E-state index is 0.100. The first-order valence-electron chi connectivity index (χ1n) is 8.77. The summed E-state index contributed by atoms with van der Waals surface area (Å²) in [7, 11) is 0. The molecule has 0 radical (unpaired) electrons. The van der Waals surface area contributed by atoms with Gasteiger partial charge < -0.3 is 10.1 Å². The van der Waals surface area contributed by atoms with E-state index in [-0.39, 0.29) is 12.0 Å². The summed E-state index contributed by atoms with van der Waals surface area (Å²) in [6, 6.07) is 13.4. The molecule has 0 aliphatic carbocycles. The van der Waals surface area contributed by atoms with E-state index in [0.717, 1.165) is 23.2 Å². The first-order valence-corrected chi connectivity index (χ1v) is 9.96. The first-order chi connectivity index (χ1) is 12.9. The highest BCUT2D eigenvalue weighted by atomic mass is 35.5. The molecule has 3 rings (SSSR count). The van der Waals surface area contributed by atoms with Crippen LogP contribution in [0.25, 0.3) is 6.08 Å². The second kappa shape index (κ2) is 8.63. The Morgan fingerprint density at radius 2 is 2.11 bits per heavy atom. The Bertz CT molecular complexity index is 924. The fourth-order valence-electron chi connectivity index (χ4n) is 2.45. The van der Waals surface area contributed by atoms with Gasteiger partial charge in [-0.2, -0.15) is 0 Å². The van der Waals surface area contributed by atoms with Gasteiger partial charge in [-0.25, -0.2) is 4.99 Å². The number of rotatable bonds is 5. The molecule has 1 aliphatic rings. The van der Waals surface area contributed by atoms with Gasteiger partial charge in [-0.1, -0.05) is 36.7 Å². The van der Waals surface area contributed by atoms with Gasteiger partial charge in [-0.15, -0.1) is 0 Å². The molecule has 0 unspecified atom stereocenters. The molecule has 1 fully saturated rings. The number of carbonyl (C=O) groups excluding carboxylic acids is 1. The smallest absolute Gasteiger partial charge is 0.264 e. The van der Waals surface area contributed by atoms with Crippen LogP contribution in [-0.2, 0) is 4.79 Å². The Morgan fingerprint density at radius 1 is 1.30 bits per heavy atom. The summed E-state index contributed by atoms with van der Waals surface area (Å²) in [5, 5.41) is 3.90. The van der Waals surface area contributed by atoms with Gasteiger partial charge in [0, 0.05) is 0 Å². The monoisotopic (exact) mass is 400 g/mol. The van der Waals surface area contributed by atoms with Crippen molar-refractivity contribution in [3.8, 4) is 5.75 Å². The number of benzene rings is 2. The molecule has 2 aromatic rings. The minimum atomic E-state index is -0.164. The Morgan fingerprint density at radius 3 is 2.81 bits per heavy atom. The molecule has 6 heteroatoms. The summed E-state index contributed by atoms with van der Waals surface area (Å²) >= 11 is 7.63. The van der Waals surface area contributed by atoms with Gasteiger partial charge in [0.2, 0.25) is 0 Å². The number of ether oxygens (including phenoxy) is 1. The molecule has 0 aromatic heterocycles. The van der Waals surface area contributed by atoms with E-state index in [9.17, 15) is 4.79 Å².